The number of nitrogens with zero attached hydrogens (tertiary/aromatic N) is 1. The number of carboxylic acids is 1. The Morgan fingerprint density at radius 2 is 2.25 bits per heavy atom. The van der Waals surface area contributed by atoms with Crippen molar-refractivity contribution in [2.24, 2.45) is 0 Å². The molecule has 1 aromatic heterocycles. The maximum Gasteiger partial charge on any atom is 0.309 e. The van der Waals surface area contributed by atoms with Crippen LogP contribution in [0.5, 0.6) is 0 Å². The normalized spacial score (nSPS) is 10.8. The van der Waals surface area contributed by atoms with Crippen LogP contribution in [-0.4, -0.2) is 16.1 Å². The molecule has 1 N–H and O–H groups in total. The second kappa shape index (κ2) is 5.72. The van der Waals surface area contributed by atoms with Crippen LogP contribution >= 0.6 is 34.2 Å². The zero-order valence-electron chi connectivity index (χ0n) is 7.88. The summed E-state index contributed by atoms with van der Waals surface area (Å²) >= 11 is 7.29. The number of aliphatic carboxylic acids is 1. The molecule has 0 aliphatic heterocycles. The van der Waals surface area contributed by atoms with Gasteiger partial charge in [-0.25, -0.2) is 8.78 Å². The minimum Gasteiger partial charge on any atom is -0.481 e. The van der Waals surface area contributed by atoms with Crippen LogP contribution in [0.1, 0.15) is 23.2 Å². The molecule has 1 rings (SSSR count). The van der Waals surface area contributed by atoms with Gasteiger partial charge >= 0.3 is 5.97 Å². The zero-order valence-corrected chi connectivity index (χ0v) is 10.8. The molecule has 88 valence electrons. The molecule has 0 spiro atoms. The summed E-state index contributed by atoms with van der Waals surface area (Å²) in [6.07, 6.45) is -1.86. The topological polar surface area (TPSA) is 50.2 Å². The van der Waals surface area contributed by atoms with Crippen molar-refractivity contribution in [1.82, 2.24) is 4.98 Å². The Balaban J connectivity index is 3.30. The summed E-state index contributed by atoms with van der Waals surface area (Å²) in [5.74, 6) is -1.30. The van der Waals surface area contributed by atoms with Gasteiger partial charge < -0.3 is 5.11 Å². The predicted octanol–water partition coefficient (Wildman–Crippen LogP) is 2.99. The fourth-order valence-corrected chi connectivity index (χ4v) is 2.26. The minimum absolute atomic E-state index is 0.0956. The van der Waals surface area contributed by atoms with Crippen LogP contribution in [0.2, 0.25) is 0 Å². The van der Waals surface area contributed by atoms with E-state index in [2.05, 4.69) is 4.98 Å². The predicted molar refractivity (Wildman–Crippen MR) is 62.8 cm³/mol. The smallest absolute Gasteiger partial charge is 0.309 e. The summed E-state index contributed by atoms with van der Waals surface area (Å²) in [5.41, 5.74) is -0.00830. The van der Waals surface area contributed by atoms with Crippen molar-refractivity contribution in [3.8, 4) is 0 Å². The molecule has 0 unspecified atom stereocenters. The molecule has 0 aromatic carbocycles. The molecule has 0 aliphatic rings. The molecule has 1 heterocycles. The van der Waals surface area contributed by atoms with Gasteiger partial charge in [0.15, 0.2) is 0 Å². The molecule has 0 saturated carbocycles. The average Bonchev–Trinajstić information content (AvgIpc) is 2.18. The van der Waals surface area contributed by atoms with Gasteiger partial charge in [-0.3, -0.25) is 9.78 Å². The highest BCUT2D eigenvalue weighted by atomic mass is 127. The van der Waals surface area contributed by atoms with E-state index in [-0.39, 0.29) is 26.3 Å². The molecule has 0 aliphatic carbocycles. The van der Waals surface area contributed by atoms with Crippen LogP contribution in [0.25, 0.3) is 0 Å². The zero-order chi connectivity index (χ0) is 12.3. The Morgan fingerprint density at radius 1 is 1.62 bits per heavy atom. The highest BCUT2D eigenvalue weighted by Gasteiger charge is 2.21. The van der Waals surface area contributed by atoms with Crippen LogP contribution in [0.3, 0.4) is 0 Å². The fraction of sp³-hybridized carbons (Fsp3) is 0.333. The van der Waals surface area contributed by atoms with Gasteiger partial charge in [0.05, 0.1) is 12.1 Å². The SMILES string of the molecule is O=C(O)Cc1ncc(I)c(C(F)F)c1CCl. The first-order chi connectivity index (χ1) is 7.47. The van der Waals surface area contributed by atoms with Crippen molar-refractivity contribution < 1.29 is 18.7 Å². The Labute approximate surface area is 109 Å². The van der Waals surface area contributed by atoms with Crippen LogP contribution in [0, 0.1) is 3.57 Å². The lowest BCUT2D eigenvalue weighted by molar-refractivity contribution is -0.136. The van der Waals surface area contributed by atoms with E-state index in [1.807, 2.05) is 0 Å². The number of aromatic nitrogens is 1. The quantitative estimate of drug-likeness (QED) is 0.662. The van der Waals surface area contributed by atoms with E-state index in [1.54, 1.807) is 22.6 Å². The second-order valence-corrected chi connectivity index (χ2v) is 4.38. The number of pyridine rings is 1. The minimum atomic E-state index is -2.68. The number of halogens is 4. The van der Waals surface area contributed by atoms with Crippen molar-refractivity contribution >= 4 is 40.2 Å². The first-order valence-electron chi connectivity index (χ1n) is 4.19. The summed E-state index contributed by atoms with van der Waals surface area (Å²) in [4.78, 5) is 14.4. The van der Waals surface area contributed by atoms with Crippen molar-refractivity contribution in [3.05, 3.63) is 26.6 Å². The third-order valence-electron chi connectivity index (χ3n) is 1.94. The Hall–Kier alpha value is -0.500. The second-order valence-electron chi connectivity index (χ2n) is 2.95. The lowest BCUT2D eigenvalue weighted by Gasteiger charge is -2.12. The van der Waals surface area contributed by atoms with Crippen LogP contribution in [0.4, 0.5) is 8.78 Å². The van der Waals surface area contributed by atoms with E-state index in [0.29, 0.717) is 0 Å². The van der Waals surface area contributed by atoms with E-state index >= 15 is 0 Å². The highest BCUT2D eigenvalue weighted by Crippen LogP contribution is 2.30. The molecule has 0 bridgehead atoms. The number of carboxylic acid groups (broad SMARTS) is 1. The molecule has 0 fully saturated rings. The van der Waals surface area contributed by atoms with Crippen LogP contribution in [0.15, 0.2) is 6.20 Å². The lowest BCUT2D eigenvalue weighted by Crippen LogP contribution is -2.09. The molecule has 16 heavy (non-hydrogen) atoms. The molecule has 0 radical (unpaired) electrons. The van der Waals surface area contributed by atoms with Gasteiger partial charge in [-0.15, -0.1) is 11.6 Å². The van der Waals surface area contributed by atoms with Crippen molar-refractivity contribution in [3.63, 3.8) is 0 Å². The molecule has 1 aromatic rings. The summed E-state index contributed by atoms with van der Waals surface area (Å²) in [7, 11) is 0. The van der Waals surface area contributed by atoms with Crippen LogP contribution < -0.4 is 0 Å². The Kier molecular flexibility index (Phi) is 4.85. The third kappa shape index (κ3) is 3.00. The molecule has 0 amide bonds. The first-order valence-corrected chi connectivity index (χ1v) is 5.80. The van der Waals surface area contributed by atoms with Crippen molar-refractivity contribution in [2.75, 3.05) is 0 Å². The standard InChI is InChI=1S/C9H7ClF2INO2/c10-2-4-6(1-7(15)16)14-3-5(13)8(4)9(11)12/h3,9H,1-2H2,(H,15,16). The van der Waals surface area contributed by atoms with Crippen molar-refractivity contribution in [1.29, 1.82) is 0 Å². The van der Waals surface area contributed by atoms with Crippen LogP contribution in [-0.2, 0) is 17.1 Å². The third-order valence-corrected chi connectivity index (χ3v) is 3.06. The van der Waals surface area contributed by atoms with Gasteiger partial charge in [-0.05, 0) is 28.2 Å². The van der Waals surface area contributed by atoms with Gasteiger partial charge in [-0.2, -0.15) is 0 Å². The molecule has 7 heteroatoms. The monoisotopic (exact) mass is 361 g/mol. The number of hydrogen-bond acceptors (Lipinski definition) is 2. The van der Waals surface area contributed by atoms with Crippen molar-refractivity contribution in [2.45, 2.75) is 18.7 Å². The molecule has 3 nitrogen and oxygen atoms in total. The molecular weight excluding hydrogens is 354 g/mol. The van der Waals surface area contributed by atoms with E-state index in [1.165, 1.54) is 6.20 Å². The maximum atomic E-state index is 12.8. The maximum absolute atomic E-state index is 12.8. The van der Waals surface area contributed by atoms with E-state index in [0.717, 1.165) is 0 Å². The Morgan fingerprint density at radius 3 is 2.69 bits per heavy atom. The van der Waals surface area contributed by atoms with Gasteiger partial charge in [-0.1, -0.05) is 0 Å². The number of rotatable bonds is 4. The highest BCUT2D eigenvalue weighted by molar-refractivity contribution is 14.1. The van der Waals surface area contributed by atoms with E-state index in [4.69, 9.17) is 16.7 Å². The summed E-state index contributed by atoms with van der Waals surface area (Å²) in [6.45, 7) is 0. The molecule has 0 saturated heterocycles. The lowest BCUT2D eigenvalue weighted by atomic mass is 10.1. The van der Waals surface area contributed by atoms with E-state index < -0.39 is 18.8 Å². The molecular formula is C9H7ClF2INO2. The largest absolute Gasteiger partial charge is 0.481 e. The summed E-state index contributed by atoms with van der Waals surface area (Å²) in [5, 5.41) is 8.61. The molecule has 0 atom stereocenters. The first kappa shape index (κ1) is 13.6. The fourth-order valence-electron chi connectivity index (χ4n) is 1.26. The Bertz CT molecular complexity index is 415. The number of alkyl halides is 3. The average molecular weight is 362 g/mol. The van der Waals surface area contributed by atoms with Gasteiger partial charge in [0.2, 0.25) is 0 Å². The van der Waals surface area contributed by atoms with Gasteiger partial charge in [0.1, 0.15) is 0 Å². The number of hydrogen-bond donors (Lipinski definition) is 1. The van der Waals surface area contributed by atoms with Gasteiger partial charge in [0, 0.05) is 21.2 Å². The van der Waals surface area contributed by atoms with E-state index in [9.17, 15) is 13.6 Å². The summed E-state index contributed by atoms with van der Waals surface area (Å²) < 4.78 is 25.8. The van der Waals surface area contributed by atoms with Gasteiger partial charge in [0.25, 0.3) is 6.43 Å². The number of carbonyl (C=O) groups is 1. The summed E-state index contributed by atoms with van der Waals surface area (Å²) in [6, 6.07) is 0.